The van der Waals surface area contributed by atoms with Crippen LogP contribution in [-0.2, 0) is 0 Å². The Morgan fingerprint density at radius 2 is 1.75 bits per heavy atom. The predicted octanol–water partition coefficient (Wildman–Crippen LogP) is 2.04. The van der Waals surface area contributed by atoms with E-state index in [0.29, 0.717) is 0 Å². The highest BCUT2D eigenvalue weighted by Gasteiger charge is 2.20. The lowest BCUT2D eigenvalue weighted by Gasteiger charge is -2.11. The van der Waals surface area contributed by atoms with E-state index in [-0.39, 0.29) is 28.0 Å². The van der Waals surface area contributed by atoms with E-state index in [1.807, 2.05) is 6.07 Å². The maximum Gasteiger partial charge on any atom is 0.336 e. The summed E-state index contributed by atoms with van der Waals surface area (Å²) in [5, 5.41) is 46.9. The van der Waals surface area contributed by atoms with Crippen LogP contribution in [0.3, 0.4) is 0 Å². The fourth-order valence-electron chi connectivity index (χ4n) is 1.90. The maximum atomic E-state index is 11.2. The van der Waals surface area contributed by atoms with Gasteiger partial charge in [-0.25, -0.2) is 4.79 Å². The van der Waals surface area contributed by atoms with Gasteiger partial charge in [-0.1, -0.05) is 0 Å². The lowest BCUT2D eigenvalue weighted by molar-refractivity contribution is 0.0697. The number of phenols is 3. The first-order chi connectivity index (χ1) is 9.43. The van der Waals surface area contributed by atoms with Crippen molar-refractivity contribution in [3.05, 3.63) is 41.5 Å². The molecule has 6 nitrogen and oxygen atoms in total. The van der Waals surface area contributed by atoms with Crippen LogP contribution in [0.4, 0.5) is 0 Å². The monoisotopic (exact) mass is 271 g/mol. The van der Waals surface area contributed by atoms with E-state index in [2.05, 4.69) is 0 Å². The third kappa shape index (κ3) is 2.20. The Hall–Kier alpha value is -3.20. The molecule has 0 atom stereocenters. The van der Waals surface area contributed by atoms with Gasteiger partial charge in [-0.3, -0.25) is 0 Å². The molecule has 6 heteroatoms. The summed E-state index contributed by atoms with van der Waals surface area (Å²) in [7, 11) is 0. The first kappa shape index (κ1) is 13.2. The average Bonchev–Trinajstić information content (AvgIpc) is 2.37. The highest BCUT2D eigenvalue weighted by molar-refractivity contribution is 5.99. The molecular weight excluding hydrogens is 262 g/mol. The summed E-state index contributed by atoms with van der Waals surface area (Å²) in [5.74, 6) is -2.46. The van der Waals surface area contributed by atoms with Gasteiger partial charge in [0, 0.05) is 17.2 Å². The Kier molecular flexibility index (Phi) is 3.19. The van der Waals surface area contributed by atoms with E-state index >= 15 is 0 Å². The van der Waals surface area contributed by atoms with Gasteiger partial charge in [0.1, 0.15) is 17.2 Å². The van der Waals surface area contributed by atoms with Gasteiger partial charge >= 0.3 is 5.97 Å². The Morgan fingerprint density at radius 3 is 2.35 bits per heavy atom. The lowest BCUT2D eigenvalue weighted by Crippen LogP contribution is -2.01. The molecule has 0 radical (unpaired) electrons. The van der Waals surface area contributed by atoms with Crippen LogP contribution in [0, 0.1) is 11.3 Å². The van der Waals surface area contributed by atoms with Crippen molar-refractivity contribution in [1.29, 1.82) is 5.26 Å². The molecule has 0 saturated carbocycles. The Morgan fingerprint density at radius 1 is 1.05 bits per heavy atom. The van der Waals surface area contributed by atoms with Crippen LogP contribution in [0.25, 0.3) is 11.1 Å². The number of carboxylic acid groups (broad SMARTS) is 1. The lowest BCUT2D eigenvalue weighted by atomic mass is 9.94. The second kappa shape index (κ2) is 4.82. The number of aromatic carboxylic acids is 1. The number of benzene rings is 2. The van der Waals surface area contributed by atoms with Crippen LogP contribution < -0.4 is 0 Å². The smallest absolute Gasteiger partial charge is 0.336 e. The zero-order chi connectivity index (χ0) is 14.9. The molecule has 2 aromatic carbocycles. The molecule has 4 N–H and O–H groups in total. The van der Waals surface area contributed by atoms with E-state index in [4.69, 9.17) is 10.4 Å². The van der Waals surface area contributed by atoms with Crippen LogP contribution in [0.2, 0.25) is 0 Å². The maximum absolute atomic E-state index is 11.2. The van der Waals surface area contributed by atoms with Gasteiger partial charge in [-0.2, -0.15) is 5.26 Å². The number of nitrogens with zero attached hydrogens (tertiary/aromatic N) is 1. The zero-order valence-corrected chi connectivity index (χ0v) is 10.0. The third-order valence-electron chi connectivity index (χ3n) is 2.73. The van der Waals surface area contributed by atoms with Gasteiger partial charge < -0.3 is 20.4 Å². The van der Waals surface area contributed by atoms with Crippen LogP contribution in [0.1, 0.15) is 15.9 Å². The molecule has 20 heavy (non-hydrogen) atoms. The number of phenolic OH excluding ortho intramolecular Hbond substituents is 3. The van der Waals surface area contributed by atoms with E-state index in [1.54, 1.807) is 0 Å². The summed E-state index contributed by atoms with van der Waals surface area (Å²) in [6.07, 6.45) is 0. The molecule has 0 amide bonds. The quantitative estimate of drug-likeness (QED) is 0.663. The standard InChI is InChI=1S/C14H9NO5/c15-6-7-1-2-8(16)3-10(7)13-11(14(19)20)4-9(17)5-12(13)18/h1-5,16-18H,(H,19,20). The molecule has 0 heterocycles. The summed E-state index contributed by atoms with van der Waals surface area (Å²) in [4.78, 5) is 11.2. The Balaban J connectivity index is 2.86. The Labute approximate surface area is 113 Å². The molecule has 0 aromatic heterocycles. The van der Waals surface area contributed by atoms with E-state index in [0.717, 1.165) is 12.1 Å². The molecule has 0 fully saturated rings. The fraction of sp³-hybridized carbons (Fsp3) is 0. The topological polar surface area (TPSA) is 122 Å². The van der Waals surface area contributed by atoms with Crippen molar-refractivity contribution in [2.24, 2.45) is 0 Å². The van der Waals surface area contributed by atoms with Crippen molar-refractivity contribution in [1.82, 2.24) is 0 Å². The van der Waals surface area contributed by atoms with Gasteiger partial charge in [-0.05, 0) is 24.3 Å². The van der Waals surface area contributed by atoms with Crippen molar-refractivity contribution >= 4 is 5.97 Å². The second-order valence-electron chi connectivity index (χ2n) is 4.03. The molecule has 2 rings (SSSR count). The average molecular weight is 271 g/mol. The highest BCUT2D eigenvalue weighted by Crippen LogP contribution is 2.38. The van der Waals surface area contributed by atoms with Gasteiger partial charge in [0.15, 0.2) is 0 Å². The second-order valence-corrected chi connectivity index (χ2v) is 4.03. The molecule has 0 spiro atoms. The highest BCUT2D eigenvalue weighted by atomic mass is 16.4. The molecule has 0 aliphatic carbocycles. The number of nitriles is 1. The summed E-state index contributed by atoms with van der Waals surface area (Å²) in [6.45, 7) is 0. The summed E-state index contributed by atoms with van der Waals surface area (Å²) in [6, 6.07) is 7.54. The minimum Gasteiger partial charge on any atom is -0.508 e. The van der Waals surface area contributed by atoms with Gasteiger partial charge in [0.2, 0.25) is 0 Å². The Bertz CT molecular complexity index is 746. The minimum atomic E-state index is -1.38. The third-order valence-corrected chi connectivity index (χ3v) is 2.73. The van der Waals surface area contributed by atoms with E-state index < -0.39 is 17.5 Å². The minimum absolute atomic E-state index is 0.0717. The zero-order valence-electron chi connectivity index (χ0n) is 10.0. The molecule has 0 saturated heterocycles. The molecule has 0 unspecified atom stereocenters. The number of hydrogen-bond acceptors (Lipinski definition) is 5. The van der Waals surface area contributed by atoms with E-state index in [1.165, 1.54) is 18.2 Å². The first-order valence-electron chi connectivity index (χ1n) is 5.46. The first-order valence-corrected chi connectivity index (χ1v) is 5.46. The van der Waals surface area contributed by atoms with Crippen molar-refractivity contribution in [2.75, 3.05) is 0 Å². The van der Waals surface area contributed by atoms with Crippen molar-refractivity contribution < 1.29 is 25.2 Å². The molecule has 2 aromatic rings. The van der Waals surface area contributed by atoms with Gasteiger partial charge in [0.25, 0.3) is 0 Å². The van der Waals surface area contributed by atoms with Crippen LogP contribution in [0.15, 0.2) is 30.3 Å². The summed E-state index contributed by atoms with van der Waals surface area (Å²) in [5.41, 5.74) is -0.346. The molecule has 0 bridgehead atoms. The number of hydrogen-bond donors (Lipinski definition) is 4. The molecule has 0 aliphatic heterocycles. The van der Waals surface area contributed by atoms with Gasteiger partial charge in [0.05, 0.1) is 17.2 Å². The van der Waals surface area contributed by atoms with Crippen LogP contribution in [0.5, 0.6) is 17.2 Å². The molecular formula is C14H9NO5. The normalized spacial score (nSPS) is 9.95. The van der Waals surface area contributed by atoms with Crippen molar-refractivity contribution in [2.45, 2.75) is 0 Å². The number of rotatable bonds is 2. The number of aromatic hydroxyl groups is 3. The fourth-order valence-corrected chi connectivity index (χ4v) is 1.90. The molecule has 100 valence electrons. The SMILES string of the molecule is N#Cc1ccc(O)cc1-c1c(O)cc(O)cc1C(=O)O. The number of carboxylic acids is 1. The van der Waals surface area contributed by atoms with Crippen LogP contribution >= 0.6 is 0 Å². The number of carbonyl (C=O) groups is 1. The largest absolute Gasteiger partial charge is 0.508 e. The molecule has 0 aliphatic rings. The van der Waals surface area contributed by atoms with Gasteiger partial charge in [-0.15, -0.1) is 0 Å². The summed E-state index contributed by atoms with van der Waals surface area (Å²) < 4.78 is 0. The van der Waals surface area contributed by atoms with Crippen molar-refractivity contribution in [3.63, 3.8) is 0 Å². The van der Waals surface area contributed by atoms with Crippen LogP contribution in [-0.4, -0.2) is 26.4 Å². The van der Waals surface area contributed by atoms with Crippen molar-refractivity contribution in [3.8, 4) is 34.4 Å². The van der Waals surface area contributed by atoms with E-state index in [9.17, 15) is 20.1 Å². The summed E-state index contributed by atoms with van der Waals surface area (Å²) >= 11 is 0. The predicted molar refractivity (Wildman–Crippen MR) is 68.5 cm³/mol.